The predicted molar refractivity (Wildman–Crippen MR) is 96.3 cm³/mol. The Labute approximate surface area is 141 Å². The highest BCUT2D eigenvalue weighted by Gasteiger charge is 2.35. The number of nitrogens with one attached hydrogen (secondary N) is 1. The fourth-order valence-corrected chi connectivity index (χ4v) is 3.72. The average molecular weight is 404 g/mol. The van der Waals surface area contributed by atoms with Crippen LogP contribution in [0.25, 0.3) is 0 Å². The van der Waals surface area contributed by atoms with E-state index in [-0.39, 0.29) is 11.2 Å². The monoisotopic (exact) mass is 404 g/mol. The van der Waals surface area contributed by atoms with E-state index < -0.39 is 0 Å². The van der Waals surface area contributed by atoms with Crippen LogP contribution in [0.4, 0.5) is 10.1 Å². The lowest BCUT2D eigenvalue weighted by Gasteiger charge is -2.48. The number of hydrogen-bond acceptors (Lipinski definition) is 2. The first kappa shape index (κ1) is 17.0. The Morgan fingerprint density at radius 1 is 1.33 bits per heavy atom. The predicted octanol–water partition coefficient (Wildman–Crippen LogP) is 4.28. The van der Waals surface area contributed by atoms with E-state index >= 15 is 0 Å². The number of piperazine rings is 1. The Morgan fingerprint density at radius 3 is 2.52 bits per heavy atom. The molecule has 1 aromatic carbocycles. The molecule has 0 saturated carbocycles. The first-order chi connectivity index (χ1) is 9.70. The topological polar surface area (TPSA) is 15.3 Å². The summed E-state index contributed by atoms with van der Waals surface area (Å²) in [5.74, 6) is 0.394. The van der Waals surface area contributed by atoms with Gasteiger partial charge < -0.3 is 10.2 Å². The highest BCUT2D eigenvalue weighted by atomic mass is 127. The molecule has 2 rings (SSSR count). The van der Waals surface area contributed by atoms with Crippen LogP contribution in [0, 0.1) is 20.7 Å². The maximum absolute atomic E-state index is 13.4. The van der Waals surface area contributed by atoms with Crippen molar-refractivity contribution in [2.75, 3.05) is 18.0 Å². The summed E-state index contributed by atoms with van der Waals surface area (Å²) in [6.45, 7) is 13.3. The van der Waals surface area contributed by atoms with Crippen molar-refractivity contribution >= 4 is 28.3 Å². The van der Waals surface area contributed by atoms with Crippen LogP contribution in [0.3, 0.4) is 0 Å². The summed E-state index contributed by atoms with van der Waals surface area (Å²) < 4.78 is 14.4. The zero-order chi connectivity index (χ0) is 15.8. The molecule has 1 heterocycles. The highest BCUT2D eigenvalue weighted by molar-refractivity contribution is 14.1. The van der Waals surface area contributed by atoms with E-state index in [2.05, 4.69) is 67.4 Å². The summed E-state index contributed by atoms with van der Waals surface area (Å²) >= 11 is 2.25. The van der Waals surface area contributed by atoms with Crippen molar-refractivity contribution in [3.63, 3.8) is 0 Å². The van der Waals surface area contributed by atoms with Crippen molar-refractivity contribution < 1.29 is 4.39 Å². The van der Waals surface area contributed by atoms with Crippen molar-refractivity contribution in [1.82, 2.24) is 5.32 Å². The van der Waals surface area contributed by atoms with Crippen LogP contribution < -0.4 is 10.2 Å². The number of hydrogen-bond donors (Lipinski definition) is 1. The van der Waals surface area contributed by atoms with Gasteiger partial charge in [-0.2, -0.15) is 0 Å². The normalized spacial score (nSPS) is 23.7. The van der Waals surface area contributed by atoms with Crippen LogP contribution >= 0.6 is 22.6 Å². The van der Waals surface area contributed by atoms with Crippen molar-refractivity contribution in [3.05, 3.63) is 27.6 Å². The minimum absolute atomic E-state index is 0.160. The number of anilines is 1. The van der Waals surface area contributed by atoms with Gasteiger partial charge in [0.2, 0.25) is 0 Å². The molecule has 0 spiro atoms. The smallest absolute Gasteiger partial charge is 0.124 e. The van der Waals surface area contributed by atoms with Gasteiger partial charge in [0, 0.05) is 28.7 Å². The second kappa shape index (κ2) is 6.41. The summed E-state index contributed by atoms with van der Waals surface area (Å²) in [4.78, 5) is 2.47. The largest absolute Gasteiger partial charge is 0.365 e. The Morgan fingerprint density at radius 2 is 2.00 bits per heavy atom. The molecule has 1 N–H and O–H groups in total. The number of halogens is 2. The molecule has 1 aromatic rings. The van der Waals surface area contributed by atoms with Gasteiger partial charge in [-0.05, 0) is 52.1 Å². The van der Waals surface area contributed by atoms with E-state index in [0.717, 1.165) is 22.3 Å². The molecule has 1 aliphatic heterocycles. The first-order valence-electron chi connectivity index (χ1n) is 7.65. The summed E-state index contributed by atoms with van der Waals surface area (Å²) in [5.41, 5.74) is 1.37. The first-order valence-corrected chi connectivity index (χ1v) is 8.73. The Kier molecular flexibility index (Phi) is 5.19. The molecule has 118 valence electrons. The van der Waals surface area contributed by atoms with E-state index in [4.69, 9.17) is 0 Å². The third-order valence-corrected chi connectivity index (χ3v) is 5.25. The molecule has 0 bridgehead atoms. The van der Waals surface area contributed by atoms with E-state index in [0.29, 0.717) is 18.0 Å². The molecule has 2 unspecified atom stereocenters. The third-order valence-electron chi connectivity index (χ3n) is 4.39. The second-order valence-electron chi connectivity index (χ2n) is 7.39. The Balaban J connectivity index is 2.34. The summed E-state index contributed by atoms with van der Waals surface area (Å²) in [5, 5.41) is 3.70. The lowest BCUT2D eigenvalue weighted by Crippen LogP contribution is -2.62. The molecule has 0 aliphatic carbocycles. The molecular formula is C17H26FIN2. The van der Waals surface area contributed by atoms with Gasteiger partial charge in [-0.25, -0.2) is 4.39 Å². The molecule has 0 radical (unpaired) electrons. The minimum Gasteiger partial charge on any atom is -0.365 e. The maximum Gasteiger partial charge on any atom is 0.124 e. The van der Waals surface area contributed by atoms with Crippen LogP contribution in [0.2, 0.25) is 0 Å². The molecule has 0 aromatic heterocycles. The van der Waals surface area contributed by atoms with Crippen molar-refractivity contribution in [3.8, 4) is 0 Å². The minimum atomic E-state index is -0.160. The summed E-state index contributed by atoms with van der Waals surface area (Å²) in [6, 6.07) is 6.01. The van der Waals surface area contributed by atoms with Crippen molar-refractivity contribution in [2.45, 2.75) is 46.7 Å². The van der Waals surface area contributed by atoms with Crippen molar-refractivity contribution in [1.29, 1.82) is 0 Å². The summed E-state index contributed by atoms with van der Waals surface area (Å²) in [7, 11) is 0. The molecular weight excluding hydrogens is 378 g/mol. The van der Waals surface area contributed by atoms with Gasteiger partial charge in [-0.15, -0.1) is 0 Å². The van der Waals surface area contributed by atoms with Gasteiger partial charge in [0.05, 0.1) is 5.69 Å². The Hall–Kier alpha value is -0.360. The van der Waals surface area contributed by atoms with Gasteiger partial charge in [0.1, 0.15) is 5.82 Å². The van der Waals surface area contributed by atoms with Gasteiger partial charge in [-0.3, -0.25) is 0 Å². The van der Waals surface area contributed by atoms with Crippen LogP contribution in [-0.2, 0) is 0 Å². The lowest BCUT2D eigenvalue weighted by molar-refractivity contribution is 0.220. The van der Waals surface area contributed by atoms with E-state index in [1.54, 1.807) is 12.1 Å². The fourth-order valence-electron chi connectivity index (χ4n) is 2.94. The zero-order valence-electron chi connectivity index (χ0n) is 13.6. The zero-order valence-corrected chi connectivity index (χ0v) is 15.7. The molecule has 2 nitrogen and oxygen atoms in total. The fraction of sp³-hybridized carbons (Fsp3) is 0.647. The van der Waals surface area contributed by atoms with Crippen LogP contribution in [0.1, 0.15) is 34.6 Å². The molecule has 1 aliphatic rings. The molecule has 1 saturated heterocycles. The molecule has 1 fully saturated rings. The van der Waals surface area contributed by atoms with Gasteiger partial charge in [0.15, 0.2) is 0 Å². The standard InChI is InChI=1S/C17H26FIN2/c1-11(2)15-9-20-16(17(3,4)5)10-21(15)14-7-6-12(18)8-13(14)19/h6-8,11,15-16,20H,9-10H2,1-5H3. The quantitative estimate of drug-likeness (QED) is 0.741. The third kappa shape index (κ3) is 3.89. The summed E-state index contributed by atoms with van der Waals surface area (Å²) in [6.07, 6.45) is 0. The van der Waals surface area contributed by atoms with Gasteiger partial charge in [0.25, 0.3) is 0 Å². The van der Waals surface area contributed by atoms with E-state index in [1.807, 2.05) is 6.07 Å². The number of benzene rings is 1. The molecule has 21 heavy (non-hydrogen) atoms. The van der Waals surface area contributed by atoms with E-state index in [9.17, 15) is 4.39 Å². The van der Waals surface area contributed by atoms with E-state index in [1.165, 1.54) is 0 Å². The highest BCUT2D eigenvalue weighted by Crippen LogP contribution is 2.32. The van der Waals surface area contributed by atoms with Gasteiger partial charge in [-0.1, -0.05) is 34.6 Å². The molecule has 2 atom stereocenters. The number of nitrogens with zero attached hydrogens (tertiary/aromatic N) is 1. The molecule has 0 amide bonds. The Bertz CT molecular complexity index is 496. The van der Waals surface area contributed by atoms with Crippen molar-refractivity contribution in [2.24, 2.45) is 11.3 Å². The van der Waals surface area contributed by atoms with Crippen LogP contribution in [-0.4, -0.2) is 25.2 Å². The molecule has 4 heteroatoms. The van der Waals surface area contributed by atoms with Crippen LogP contribution in [0.5, 0.6) is 0 Å². The SMILES string of the molecule is CC(C)C1CNC(C(C)(C)C)CN1c1ccc(F)cc1I. The average Bonchev–Trinajstić information content (AvgIpc) is 2.37. The maximum atomic E-state index is 13.4. The van der Waals surface area contributed by atoms with Crippen LogP contribution in [0.15, 0.2) is 18.2 Å². The number of rotatable bonds is 2. The lowest BCUT2D eigenvalue weighted by atomic mass is 9.83. The van der Waals surface area contributed by atoms with Gasteiger partial charge >= 0.3 is 0 Å². The second-order valence-corrected chi connectivity index (χ2v) is 8.55.